The molecule has 0 spiro atoms. The highest BCUT2D eigenvalue weighted by Crippen LogP contribution is 2.20. The van der Waals surface area contributed by atoms with Crippen molar-refractivity contribution in [3.05, 3.63) is 70.1 Å². The van der Waals surface area contributed by atoms with E-state index in [9.17, 15) is 19.2 Å². The third-order valence-corrected chi connectivity index (χ3v) is 5.17. The smallest absolute Gasteiger partial charge is 0.359 e. The molecule has 2 aromatic carbocycles. The van der Waals surface area contributed by atoms with E-state index in [1.807, 2.05) is 0 Å². The van der Waals surface area contributed by atoms with E-state index in [1.165, 1.54) is 4.68 Å². The second-order valence-electron chi connectivity index (χ2n) is 8.19. The maximum Gasteiger partial charge on any atom is 0.359 e. The highest BCUT2D eigenvalue weighted by Gasteiger charge is 2.24. The van der Waals surface area contributed by atoms with E-state index in [1.54, 1.807) is 62.4 Å². The molecule has 1 heterocycles. The van der Waals surface area contributed by atoms with Gasteiger partial charge >= 0.3 is 5.97 Å². The first-order chi connectivity index (χ1) is 15.8. The van der Waals surface area contributed by atoms with Crippen LogP contribution in [0.1, 0.15) is 53.6 Å². The predicted molar refractivity (Wildman–Crippen MR) is 122 cm³/mol. The molecule has 1 saturated carbocycles. The average Bonchev–Trinajstić information content (AvgIpc) is 3.62. The maximum atomic E-state index is 12.7. The molecule has 1 aliphatic rings. The van der Waals surface area contributed by atoms with Gasteiger partial charge in [0.15, 0.2) is 12.3 Å². The predicted octanol–water partition coefficient (Wildman–Crippen LogP) is 2.67. The molecule has 0 unspecified atom stereocenters. The molecule has 33 heavy (non-hydrogen) atoms. The third-order valence-electron chi connectivity index (χ3n) is 5.17. The summed E-state index contributed by atoms with van der Waals surface area (Å²) in [6.07, 6.45) is 1.96. The Hall–Kier alpha value is -4.01. The Bertz CT molecular complexity index is 1290. The van der Waals surface area contributed by atoms with E-state index in [4.69, 9.17) is 4.74 Å². The van der Waals surface area contributed by atoms with Crippen LogP contribution >= 0.6 is 0 Å². The number of anilines is 1. The number of amides is 2. The van der Waals surface area contributed by atoms with Gasteiger partial charge in [-0.3, -0.25) is 14.4 Å². The molecule has 9 heteroatoms. The molecular weight excluding hydrogens is 424 g/mol. The zero-order valence-electron chi connectivity index (χ0n) is 18.3. The summed E-state index contributed by atoms with van der Waals surface area (Å²) < 4.78 is 6.39. The molecule has 1 aromatic heterocycles. The van der Waals surface area contributed by atoms with Crippen molar-refractivity contribution in [2.24, 2.45) is 0 Å². The largest absolute Gasteiger partial charge is 0.451 e. The van der Waals surface area contributed by atoms with Crippen molar-refractivity contribution in [1.82, 2.24) is 15.1 Å². The molecule has 9 nitrogen and oxygen atoms in total. The van der Waals surface area contributed by atoms with Crippen LogP contribution < -0.4 is 16.2 Å². The number of carbonyl (C=O) groups is 3. The minimum Gasteiger partial charge on any atom is -0.451 e. The lowest BCUT2D eigenvalue weighted by atomic mass is 10.1. The van der Waals surface area contributed by atoms with Gasteiger partial charge in [-0.25, -0.2) is 9.48 Å². The molecule has 4 rings (SSSR count). The van der Waals surface area contributed by atoms with Gasteiger partial charge in [-0.15, -0.1) is 0 Å². The van der Waals surface area contributed by atoms with E-state index in [0.29, 0.717) is 22.0 Å². The first-order valence-corrected chi connectivity index (χ1v) is 10.7. The van der Waals surface area contributed by atoms with E-state index < -0.39 is 18.5 Å². The highest BCUT2D eigenvalue weighted by molar-refractivity contribution is 6.03. The van der Waals surface area contributed by atoms with E-state index >= 15 is 0 Å². The van der Waals surface area contributed by atoms with Crippen molar-refractivity contribution in [2.45, 2.75) is 38.8 Å². The number of nitrogens with zero attached hydrogens (tertiary/aromatic N) is 2. The topological polar surface area (TPSA) is 119 Å². The number of esters is 1. The van der Waals surface area contributed by atoms with E-state index in [0.717, 1.165) is 12.8 Å². The molecule has 0 saturated heterocycles. The first kappa shape index (κ1) is 22.2. The Kier molecular flexibility index (Phi) is 6.21. The van der Waals surface area contributed by atoms with Crippen molar-refractivity contribution >= 4 is 34.2 Å². The molecule has 2 N–H and O–H groups in total. The molecule has 3 aromatic rings. The fraction of sp³-hybridized carbons (Fsp3) is 0.292. The zero-order chi connectivity index (χ0) is 23.5. The highest BCUT2D eigenvalue weighted by atomic mass is 16.5. The number of carbonyl (C=O) groups excluding carboxylic acids is 3. The Morgan fingerprint density at radius 1 is 1.09 bits per heavy atom. The first-order valence-electron chi connectivity index (χ1n) is 10.7. The average molecular weight is 448 g/mol. The second kappa shape index (κ2) is 9.23. The number of benzene rings is 2. The number of nitrogens with one attached hydrogen (secondary N) is 2. The van der Waals surface area contributed by atoms with Gasteiger partial charge in [0.25, 0.3) is 17.4 Å². The number of hydrogen-bond acceptors (Lipinski definition) is 6. The van der Waals surface area contributed by atoms with Gasteiger partial charge < -0.3 is 15.4 Å². The summed E-state index contributed by atoms with van der Waals surface area (Å²) in [7, 11) is 0. The van der Waals surface area contributed by atoms with Crippen molar-refractivity contribution in [1.29, 1.82) is 0 Å². The van der Waals surface area contributed by atoms with Gasteiger partial charge in [-0.2, -0.15) is 5.10 Å². The summed E-state index contributed by atoms with van der Waals surface area (Å²) in [5.41, 5.74) is 0.505. The van der Waals surface area contributed by atoms with Gasteiger partial charge in [-0.05, 0) is 51.0 Å². The maximum absolute atomic E-state index is 12.7. The van der Waals surface area contributed by atoms with Crippen LogP contribution in [0.5, 0.6) is 0 Å². The molecule has 2 amide bonds. The van der Waals surface area contributed by atoms with Crippen LogP contribution in [0.4, 0.5) is 5.69 Å². The summed E-state index contributed by atoms with van der Waals surface area (Å²) in [5, 5.41) is 10.4. The van der Waals surface area contributed by atoms with Crippen molar-refractivity contribution in [3.8, 4) is 0 Å². The Labute approximate surface area is 189 Å². The minimum absolute atomic E-state index is 0.0366. The third kappa shape index (κ3) is 5.08. The van der Waals surface area contributed by atoms with E-state index in [-0.39, 0.29) is 29.2 Å². The number of hydrogen-bond donors (Lipinski definition) is 2. The zero-order valence-corrected chi connectivity index (χ0v) is 18.3. The van der Waals surface area contributed by atoms with Crippen LogP contribution in [0.3, 0.4) is 0 Å². The van der Waals surface area contributed by atoms with Crippen molar-refractivity contribution < 1.29 is 19.1 Å². The van der Waals surface area contributed by atoms with Gasteiger partial charge in [-0.1, -0.05) is 24.3 Å². The van der Waals surface area contributed by atoms with Crippen LogP contribution in [0, 0.1) is 0 Å². The normalized spacial score (nSPS) is 13.1. The summed E-state index contributed by atoms with van der Waals surface area (Å²) >= 11 is 0. The molecule has 170 valence electrons. The summed E-state index contributed by atoms with van der Waals surface area (Å²) in [6, 6.07) is 13.1. The van der Waals surface area contributed by atoms with Crippen LogP contribution in [0.15, 0.2) is 53.3 Å². The van der Waals surface area contributed by atoms with Gasteiger partial charge in [0.2, 0.25) is 0 Å². The fourth-order valence-corrected chi connectivity index (χ4v) is 3.34. The lowest BCUT2D eigenvalue weighted by Gasteiger charge is -2.13. The van der Waals surface area contributed by atoms with Gasteiger partial charge in [0.05, 0.1) is 11.4 Å². The quantitative estimate of drug-likeness (QED) is 0.537. The number of ether oxygens (including phenoxy) is 1. The van der Waals surface area contributed by atoms with Gasteiger partial charge in [0.1, 0.15) is 0 Å². The standard InChI is InChI=1S/C24H24N4O5/c1-14(2)28-23(31)19-9-4-3-8-18(19)21(27-28)24(32)33-13-20(29)25-17-7-5-6-15(12-17)22(30)26-16-10-11-16/h3-9,12,14,16H,10-11,13H2,1-2H3,(H,25,29)(H,26,30). The van der Waals surface area contributed by atoms with Crippen LogP contribution in [0.2, 0.25) is 0 Å². The lowest BCUT2D eigenvalue weighted by molar-refractivity contribution is -0.119. The Balaban J connectivity index is 1.44. The molecule has 1 fully saturated rings. The van der Waals surface area contributed by atoms with Crippen molar-refractivity contribution in [2.75, 3.05) is 11.9 Å². The number of fused-ring (bicyclic) bond motifs is 1. The summed E-state index contributed by atoms with van der Waals surface area (Å²) in [4.78, 5) is 49.9. The molecule has 0 atom stereocenters. The Morgan fingerprint density at radius 3 is 2.52 bits per heavy atom. The molecule has 0 aliphatic heterocycles. The SMILES string of the molecule is CC(C)n1nc(C(=O)OCC(=O)Nc2cccc(C(=O)NC3CC3)c2)c2ccccc2c1=O. The van der Waals surface area contributed by atoms with Crippen LogP contribution in [0.25, 0.3) is 10.8 Å². The Morgan fingerprint density at radius 2 is 1.82 bits per heavy atom. The van der Waals surface area contributed by atoms with Crippen molar-refractivity contribution in [3.63, 3.8) is 0 Å². The number of rotatable bonds is 7. The molecule has 1 aliphatic carbocycles. The summed E-state index contributed by atoms with van der Waals surface area (Å²) in [5.74, 6) is -1.57. The summed E-state index contributed by atoms with van der Waals surface area (Å²) in [6.45, 7) is 3.02. The van der Waals surface area contributed by atoms with Crippen LogP contribution in [-0.4, -0.2) is 40.2 Å². The molecular formula is C24H24N4O5. The number of aromatic nitrogens is 2. The fourth-order valence-electron chi connectivity index (χ4n) is 3.34. The molecule has 0 bridgehead atoms. The molecule has 0 radical (unpaired) electrons. The van der Waals surface area contributed by atoms with E-state index in [2.05, 4.69) is 15.7 Å². The van der Waals surface area contributed by atoms with Gasteiger partial charge in [0, 0.05) is 22.7 Å². The second-order valence-corrected chi connectivity index (χ2v) is 8.19. The van der Waals surface area contributed by atoms with Crippen LogP contribution in [-0.2, 0) is 9.53 Å². The lowest BCUT2D eigenvalue weighted by Crippen LogP contribution is -2.29. The monoisotopic (exact) mass is 448 g/mol. The minimum atomic E-state index is -0.812.